The fraction of sp³-hybridized carbons (Fsp3) is 0.227. The summed E-state index contributed by atoms with van der Waals surface area (Å²) < 4.78 is 11.4. The number of rotatable bonds is 5. The van der Waals surface area contributed by atoms with Crippen LogP contribution in [0.1, 0.15) is 29.0 Å². The SMILES string of the molecule is COc1cc(C2CC(=O)NC3=NCC=C32)ccc1OCc1ccccc1C#N. The van der Waals surface area contributed by atoms with E-state index in [-0.39, 0.29) is 18.4 Å². The average molecular weight is 373 g/mol. The molecule has 0 aliphatic carbocycles. The Morgan fingerprint density at radius 3 is 2.93 bits per heavy atom. The molecular weight excluding hydrogens is 354 g/mol. The van der Waals surface area contributed by atoms with Gasteiger partial charge in [0.15, 0.2) is 11.5 Å². The van der Waals surface area contributed by atoms with Gasteiger partial charge >= 0.3 is 0 Å². The van der Waals surface area contributed by atoms with Gasteiger partial charge in [0.1, 0.15) is 12.4 Å². The highest BCUT2D eigenvalue weighted by Crippen LogP contribution is 2.38. The topological polar surface area (TPSA) is 83.7 Å². The van der Waals surface area contributed by atoms with E-state index in [0.29, 0.717) is 35.9 Å². The number of fused-ring (bicyclic) bond motifs is 1. The van der Waals surface area contributed by atoms with Crippen molar-refractivity contribution in [3.05, 3.63) is 70.8 Å². The van der Waals surface area contributed by atoms with Crippen LogP contribution in [0.5, 0.6) is 11.5 Å². The number of amidine groups is 1. The number of amides is 1. The highest BCUT2D eigenvalue weighted by molar-refractivity contribution is 6.12. The zero-order chi connectivity index (χ0) is 19.5. The number of nitrogens with one attached hydrogen (secondary N) is 1. The first-order valence-corrected chi connectivity index (χ1v) is 9.03. The van der Waals surface area contributed by atoms with Gasteiger partial charge in [-0.25, -0.2) is 0 Å². The number of methoxy groups -OCH3 is 1. The van der Waals surface area contributed by atoms with Gasteiger partial charge in [0.05, 0.1) is 25.3 Å². The molecule has 1 N–H and O–H groups in total. The van der Waals surface area contributed by atoms with E-state index in [4.69, 9.17) is 9.47 Å². The third-order valence-electron chi connectivity index (χ3n) is 4.97. The minimum Gasteiger partial charge on any atom is -0.493 e. The lowest BCUT2D eigenvalue weighted by molar-refractivity contribution is -0.120. The molecule has 1 amide bonds. The van der Waals surface area contributed by atoms with E-state index in [1.165, 1.54) is 0 Å². The molecule has 0 radical (unpaired) electrons. The Kier molecular flexibility index (Phi) is 4.81. The molecule has 6 heteroatoms. The summed E-state index contributed by atoms with van der Waals surface area (Å²) in [6.45, 7) is 0.866. The second-order valence-corrected chi connectivity index (χ2v) is 6.62. The van der Waals surface area contributed by atoms with E-state index in [0.717, 1.165) is 16.7 Å². The Labute approximate surface area is 163 Å². The van der Waals surface area contributed by atoms with Gasteiger partial charge in [-0.1, -0.05) is 30.3 Å². The van der Waals surface area contributed by atoms with Crippen LogP contribution in [-0.2, 0) is 11.4 Å². The van der Waals surface area contributed by atoms with Crippen LogP contribution >= 0.6 is 0 Å². The van der Waals surface area contributed by atoms with Gasteiger partial charge in [-0.2, -0.15) is 5.26 Å². The van der Waals surface area contributed by atoms with Crippen LogP contribution in [-0.4, -0.2) is 25.4 Å². The second-order valence-electron chi connectivity index (χ2n) is 6.62. The molecule has 2 aliphatic heterocycles. The molecule has 0 bridgehead atoms. The average Bonchev–Trinajstić information content (AvgIpc) is 3.20. The maximum Gasteiger partial charge on any atom is 0.226 e. The molecular formula is C22H19N3O3. The van der Waals surface area contributed by atoms with Gasteiger partial charge in [0.25, 0.3) is 0 Å². The summed E-state index contributed by atoms with van der Waals surface area (Å²) in [5, 5.41) is 12.0. The summed E-state index contributed by atoms with van der Waals surface area (Å²) in [6.07, 6.45) is 2.43. The van der Waals surface area contributed by atoms with Gasteiger partial charge in [-0.15, -0.1) is 0 Å². The lowest BCUT2D eigenvalue weighted by Crippen LogP contribution is -2.38. The molecule has 1 saturated heterocycles. The smallest absolute Gasteiger partial charge is 0.226 e. The third kappa shape index (κ3) is 3.35. The Hall–Kier alpha value is -3.59. The highest BCUT2D eigenvalue weighted by Gasteiger charge is 2.32. The maximum atomic E-state index is 12.0. The molecule has 2 aromatic rings. The number of nitrogens with zero attached hydrogens (tertiary/aromatic N) is 2. The van der Waals surface area contributed by atoms with E-state index in [9.17, 15) is 10.1 Å². The van der Waals surface area contributed by atoms with Crippen molar-refractivity contribution in [3.8, 4) is 17.6 Å². The molecule has 0 saturated carbocycles. The molecule has 0 aromatic heterocycles. The zero-order valence-corrected chi connectivity index (χ0v) is 15.4. The molecule has 6 nitrogen and oxygen atoms in total. The van der Waals surface area contributed by atoms with Crippen LogP contribution in [0.4, 0.5) is 0 Å². The molecule has 28 heavy (non-hydrogen) atoms. The van der Waals surface area contributed by atoms with Crippen LogP contribution in [0.25, 0.3) is 0 Å². The molecule has 140 valence electrons. The Morgan fingerprint density at radius 1 is 1.25 bits per heavy atom. The van der Waals surface area contributed by atoms with Crippen molar-refractivity contribution in [2.75, 3.05) is 13.7 Å². The predicted octanol–water partition coefficient (Wildman–Crippen LogP) is 3.09. The normalized spacial score (nSPS) is 17.7. The van der Waals surface area contributed by atoms with Crippen LogP contribution in [0.3, 0.4) is 0 Å². The number of nitriles is 1. The van der Waals surface area contributed by atoms with E-state index >= 15 is 0 Å². The fourth-order valence-corrected chi connectivity index (χ4v) is 3.55. The molecule has 1 unspecified atom stereocenters. The van der Waals surface area contributed by atoms with Crippen molar-refractivity contribution < 1.29 is 14.3 Å². The molecule has 0 spiro atoms. The first kappa shape index (κ1) is 17.8. The van der Waals surface area contributed by atoms with Crippen molar-refractivity contribution >= 4 is 11.7 Å². The fourth-order valence-electron chi connectivity index (χ4n) is 3.55. The summed E-state index contributed by atoms with van der Waals surface area (Å²) in [5.41, 5.74) is 3.44. The lowest BCUT2D eigenvalue weighted by Gasteiger charge is -2.26. The predicted molar refractivity (Wildman–Crippen MR) is 104 cm³/mol. The Bertz CT molecular complexity index is 1030. The quantitative estimate of drug-likeness (QED) is 0.873. The molecule has 2 aromatic carbocycles. The number of piperidine rings is 1. The second kappa shape index (κ2) is 7.57. The van der Waals surface area contributed by atoms with Crippen LogP contribution in [0, 0.1) is 11.3 Å². The molecule has 4 rings (SSSR count). The lowest BCUT2D eigenvalue weighted by atomic mass is 9.85. The van der Waals surface area contributed by atoms with Gasteiger partial charge in [0, 0.05) is 23.5 Å². The zero-order valence-electron chi connectivity index (χ0n) is 15.4. The molecule has 2 aliphatic rings. The van der Waals surface area contributed by atoms with Gasteiger partial charge < -0.3 is 14.8 Å². The standard InChI is InChI=1S/C22H19N3O3/c1-27-20-10-14(18-11-21(26)25-22-17(18)8-9-24-22)6-7-19(20)28-13-16-5-3-2-4-15(16)12-23/h2-8,10,18H,9,11,13H2,1H3,(H,24,25,26). The monoisotopic (exact) mass is 373 g/mol. The summed E-state index contributed by atoms with van der Waals surface area (Å²) in [5.74, 6) is 1.78. The highest BCUT2D eigenvalue weighted by atomic mass is 16.5. The van der Waals surface area contributed by atoms with Crippen LogP contribution < -0.4 is 14.8 Å². The number of carbonyl (C=O) groups excluding carboxylic acids is 1. The third-order valence-corrected chi connectivity index (χ3v) is 4.97. The first-order valence-electron chi connectivity index (χ1n) is 9.03. The van der Waals surface area contributed by atoms with Crippen molar-refractivity contribution in [2.24, 2.45) is 4.99 Å². The summed E-state index contributed by atoms with van der Waals surface area (Å²) in [7, 11) is 1.59. The summed E-state index contributed by atoms with van der Waals surface area (Å²) >= 11 is 0. The van der Waals surface area contributed by atoms with Crippen LogP contribution in [0.2, 0.25) is 0 Å². The van der Waals surface area contributed by atoms with Gasteiger partial charge in [0.2, 0.25) is 5.91 Å². The van der Waals surface area contributed by atoms with Crippen LogP contribution in [0.15, 0.2) is 59.1 Å². The number of hydrogen-bond acceptors (Lipinski definition) is 5. The van der Waals surface area contributed by atoms with E-state index in [1.54, 1.807) is 13.2 Å². The number of benzene rings is 2. The van der Waals surface area contributed by atoms with Gasteiger partial charge in [-0.05, 0) is 23.8 Å². The van der Waals surface area contributed by atoms with E-state index < -0.39 is 0 Å². The Balaban J connectivity index is 1.57. The molecule has 2 heterocycles. The van der Waals surface area contributed by atoms with Crippen molar-refractivity contribution in [1.29, 1.82) is 5.26 Å². The van der Waals surface area contributed by atoms with Crippen molar-refractivity contribution in [1.82, 2.24) is 5.32 Å². The summed E-state index contributed by atoms with van der Waals surface area (Å²) in [6, 6.07) is 15.2. The molecule has 1 atom stereocenters. The largest absolute Gasteiger partial charge is 0.493 e. The van der Waals surface area contributed by atoms with Gasteiger partial charge in [-0.3, -0.25) is 9.79 Å². The number of carbonyl (C=O) groups is 1. The minimum absolute atomic E-state index is 0.0322. The first-order chi connectivity index (χ1) is 13.7. The minimum atomic E-state index is -0.0442. The Morgan fingerprint density at radius 2 is 2.11 bits per heavy atom. The maximum absolute atomic E-state index is 12.0. The number of hydrogen-bond donors (Lipinski definition) is 1. The summed E-state index contributed by atoms with van der Waals surface area (Å²) in [4.78, 5) is 16.4. The molecule has 1 fully saturated rings. The van der Waals surface area contributed by atoms with E-state index in [1.807, 2.05) is 36.4 Å². The van der Waals surface area contributed by atoms with Crippen molar-refractivity contribution in [2.45, 2.75) is 18.9 Å². The van der Waals surface area contributed by atoms with E-state index in [2.05, 4.69) is 22.5 Å². The number of ether oxygens (including phenoxy) is 2. The number of aliphatic imine (C=N–C) groups is 1. The van der Waals surface area contributed by atoms with Crippen molar-refractivity contribution in [3.63, 3.8) is 0 Å².